The molecule has 2 aromatic heterocycles. The van der Waals surface area contributed by atoms with Crippen LogP contribution < -0.4 is 4.90 Å². The van der Waals surface area contributed by atoms with E-state index < -0.39 is 0 Å². The zero-order valence-corrected chi connectivity index (χ0v) is 12.6. The second-order valence-electron chi connectivity index (χ2n) is 4.54. The molecule has 2 heterocycles. The quantitative estimate of drug-likeness (QED) is 0.738. The van der Waals surface area contributed by atoms with E-state index in [-0.39, 0.29) is 0 Å². The van der Waals surface area contributed by atoms with Gasteiger partial charge in [0, 0.05) is 41.2 Å². The van der Waals surface area contributed by atoms with Crippen molar-refractivity contribution in [2.45, 2.75) is 6.54 Å². The molecular formula is C15H13BrN4. The first-order valence-electron chi connectivity index (χ1n) is 6.24. The van der Waals surface area contributed by atoms with Gasteiger partial charge in [-0.15, -0.1) is 0 Å². The van der Waals surface area contributed by atoms with E-state index in [2.05, 4.69) is 41.8 Å². The van der Waals surface area contributed by atoms with Gasteiger partial charge in [-0.25, -0.2) is 0 Å². The summed E-state index contributed by atoms with van der Waals surface area (Å²) in [4.78, 5) is 15.0. The van der Waals surface area contributed by atoms with Crippen LogP contribution in [0.5, 0.6) is 0 Å². The van der Waals surface area contributed by atoms with Gasteiger partial charge in [0.15, 0.2) is 0 Å². The molecule has 4 nitrogen and oxygen atoms in total. The fraction of sp³-hybridized carbons (Fsp3) is 0.133. The van der Waals surface area contributed by atoms with Gasteiger partial charge in [0.25, 0.3) is 0 Å². The van der Waals surface area contributed by atoms with Crippen LogP contribution >= 0.6 is 15.9 Å². The Bertz CT molecular complexity index is 730. The molecule has 0 N–H and O–H groups in total. The molecule has 0 radical (unpaired) electrons. The average Bonchev–Trinajstić information content (AvgIpc) is 2.47. The number of rotatable bonds is 3. The average molecular weight is 329 g/mol. The van der Waals surface area contributed by atoms with Crippen molar-refractivity contribution in [1.29, 1.82) is 0 Å². The Morgan fingerprint density at radius 1 is 1.10 bits per heavy atom. The van der Waals surface area contributed by atoms with E-state index in [1.54, 1.807) is 18.6 Å². The summed E-state index contributed by atoms with van der Waals surface area (Å²) >= 11 is 3.51. The lowest BCUT2D eigenvalue weighted by atomic mass is 10.1. The number of benzene rings is 1. The third kappa shape index (κ3) is 2.63. The molecular weight excluding hydrogens is 316 g/mol. The van der Waals surface area contributed by atoms with E-state index in [1.807, 2.05) is 31.4 Å². The smallest absolute Gasteiger partial charge is 0.0779 e. The van der Waals surface area contributed by atoms with Gasteiger partial charge in [0.1, 0.15) is 0 Å². The molecule has 3 rings (SSSR count). The fourth-order valence-electron chi connectivity index (χ4n) is 2.18. The lowest BCUT2D eigenvalue weighted by Gasteiger charge is -2.20. The van der Waals surface area contributed by atoms with Gasteiger partial charge in [-0.3, -0.25) is 15.0 Å². The van der Waals surface area contributed by atoms with Crippen molar-refractivity contribution in [2.75, 3.05) is 11.9 Å². The Morgan fingerprint density at radius 2 is 2.00 bits per heavy atom. The largest absolute Gasteiger partial charge is 0.368 e. The van der Waals surface area contributed by atoms with Crippen LogP contribution in [0.15, 0.2) is 53.5 Å². The van der Waals surface area contributed by atoms with Crippen molar-refractivity contribution in [2.24, 2.45) is 0 Å². The van der Waals surface area contributed by atoms with Crippen LogP contribution in [0.1, 0.15) is 5.69 Å². The number of hydrogen-bond acceptors (Lipinski definition) is 4. The van der Waals surface area contributed by atoms with Crippen molar-refractivity contribution in [1.82, 2.24) is 15.0 Å². The van der Waals surface area contributed by atoms with Crippen LogP contribution in [0, 0.1) is 0 Å². The molecule has 100 valence electrons. The molecule has 0 amide bonds. The summed E-state index contributed by atoms with van der Waals surface area (Å²) in [6, 6.07) is 8.12. The van der Waals surface area contributed by atoms with Crippen LogP contribution in [-0.2, 0) is 6.54 Å². The van der Waals surface area contributed by atoms with Crippen LogP contribution in [-0.4, -0.2) is 22.0 Å². The zero-order chi connectivity index (χ0) is 13.9. The molecule has 0 atom stereocenters. The minimum atomic E-state index is 0.708. The maximum Gasteiger partial charge on any atom is 0.0779 e. The lowest BCUT2D eigenvalue weighted by molar-refractivity contribution is 0.876. The summed E-state index contributed by atoms with van der Waals surface area (Å²) in [5, 5.41) is 1.12. The number of nitrogens with zero attached hydrogens (tertiary/aromatic N) is 4. The molecule has 0 spiro atoms. The molecule has 0 aliphatic heterocycles. The number of fused-ring (bicyclic) bond motifs is 1. The third-order valence-corrected chi connectivity index (χ3v) is 3.60. The van der Waals surface area contributed by atoms with E-state index in [0.717, 1.165) is 26.8 Å². The fourth-order valence-corrected chi connectivity index (χ4v) is 2.54. The lowest BCUT2D eigenvalue weighted by Crippen LogP contribution is -2.17. The van der Waals surface area contributed by atoms with Gasteiger partial charge in [-0.1, -0.05) is 15.9 Å². The van der Waals surface area contributed by atoms with E-state index in [0.29, 0.717) is 6.54 Å². The van der Waals surface area contributed by atoms with Gasteiger partial charge >= 0.3 is 0 Å². The molecule has 0 fully saturated rings. The van der Waals surface area contributed by atoms with Crippen molar-refractivity contribution in [3.63, 3.8) is 0 Å². The zero-order valence-electron chi connectivity index (χ0n) is 11.0. The van der Waals surface area contributed by atoms with Crippen molar-refractivity contribution in [3.05, 3.63) is 59.2 Å². The summed E-state index contributed by atoms with van der Waals surface area (Å²) in [6.45, 7) is 0.708. The van der Waals surface area contributed by atoms with Crippen LogP contribution in [0.3, 0.4) is 0 Å². The monoisotopic (exact) mass is 328 g/mol. The predicted molar refractivity (Wildman–Crippen MR) is 83.6 cm³/mol. The minimum absolute atomic E-state index is 0.708. The first kappa shape index (κ1) is 13.0. The topological polar surface area (TPSA) is 41.9 Å². The number of aromatic nitrogens is 3. The van der Waals surface area contributed by atoms with Crippen molar-refractivity contribution >= 4 is 32.5 Å². The van der Waals surface area contributed by atoms with Gasteiger partial charge in [-0.05, 0) is 24.3 Å². The van der Waals surface area contributed by atoms with Gasteiger partial charge in [-0.2, -0.15) is 0 Å². The van der Waals surface area contributed by atoms with Gasteiger partial charge in [0.2, 0.25) is 0 Å². The predicted octanol–water partition coefficient (Wildman–Crippen LogP) is 3.42. The second kappa shape index (κ2) is 5.54. The highest BCUT2D eigenvalue weighted by atomic mass is 79.9. The first-order valence-corrected chi connectivity index (χ1v) is 7.03. The Morgan fingerprint density at radius 3 is 2.80 bits per heavy atom. The highest BCUT2D eigenvalue weighted by molar-refractivity contribution is 9.10. The van der Waals surface area contributed by atoms with Gasteiger partial charge in [0.05, 0.1) is 24.0 Å². The number of halogens is 1. The Kier molecular flexibility index (Phi) is 3.60. The van der Waals surface area contributed by atoms with Crippen LogP contribution in [0.2, 0.25) is 0 Å². The first-order chi connectivity index (χ1) is 9.74. The summed E-state index contributed by atoms with van der Waals surface area (Å²) in [5.41, 5.74) is 3.05. The molecule has 0 aliphatic carbocycles. The molecule has 20 heavy (non-hydrogen) atoms. The number of pyridine rings is 1. The summed E-state index contributed by atoms with van der Waals surface area (Å²) in [7, 11) is 2.05. The molecule has 0 saturated heterocycles. The molecule has 0 unspecified atom stereocenters. The number of anilines is 1. The molecule has 0 aliphatic rings. The number of hydrogen-bond donors (Lipinski definition) is 0. The Balaban J connectivity index is 1.99. The maximum atomic E-state index is 4.40. The van der Waals surface area contributed by atoms with Crippen LogP contribution in [0.25, 0.3) is 10.9 Å². The van der Waals surface area contributed by atoms with E-state index in [1.165, 1.54) is 0 Å². The summed E-state index contributed by atoms with van der Waals surface area (Å²) in [6.07, 6.45) is 7.02. The highest BCUT2D eigenvalue weighted by Gasteiger charge is 2.08. The Hall–Kier alpha value is -2.01. The van der Waals surface area contributed by atoms with Gasteiger partial charge < -0.3 is 4.90 Å². The highest BCUT2D eigenvalue weighted by Crippen LogP contribution is 2.27. The summed E-state index contributed by atoms with van der Waals surface area (Å²) in [5.74, 6) is 0. The molecule has 1 aromatic carbocycles. The van der Waals surface area contributed by atoms with Crippen molar-refractivity contribution in [3.8, 4) is 0 Å². The SMILES string of the molecule is CN(Cc1cnccn1)c1ccnc2ccc(Br)cc12. The standard InChI is InChI=1S/C15H13BrN4/c1-20(10-12-9-17-6-7-18-12)15-4-5-19-14-3-2-11(16)8-13(14)15/h2-9H,10H2,1H3. The molecule has 0 saturated carbocycles. The maximum absolute atomic E-state index is 4.40. The second-order valence-corrected chi connectivity index (χ2v) is 5.46. The van der Waals surface area contributed by atoms with E-state index in [4.69, 9.17) is 0 Å². The molecule has 0 bridgehead atoms. The normalized spacial score (nSPS) is 10.7. The van der Waals surface area contributed by atoms with Crippen molar-refractivity contribution < 1.29 is 0 Å². The molecule has 3 aromatic rings. The van der Waals surface area contributed by atoms with E-state index >= 15 is 0 Å². The minimum Gasteiger partial charge on any atom is -0.368 e. The van der Waals surface area contributed by atoms with E-state index in [9.17, 15) is 0 Å². The molecule has 5 heteroatoms. The Labute approximate surface area is 125 Å². The third-order valence-electron chi connectivity index (χ3n) is 3.11. The summed E-state index contributed by atoms with van der Waals surface area (Å²) < 4.78 is 1.05. The van der Waals surface area contributed by atoms with Crippen LogP contribution in [0.4, 0.5) is 5.69 Å².